The van der Waals surface area contributed by atoms with Gasteiger partial charge in [0.25, 0.3) is 0 Å². The Morgan fingerprint density at radius 2 is 1.95 bits per heavy atom. The Bertz CT molecular complexity index is 544. The molecule has 0 aromatic heterocycles. The quantitative estimate of drug-likeness (QED) is 0.865. The molecule has 2 aliphatic heterocycles. The van der Waals surface area contributed by atoms with Crippen molar-refractivity contribution >= 4 is 6.09 Å². The lowest BCUT2D eigenvalue weighted by molar-refractivity contribution is -0.0854. The van der Waals surface area contributed by atoms with Gasteiger partial charge in [0.05, 0.1) is 0 Å². The number of rotatable bonds is 1. The predicted octanol–water partition coefficient (Wildman–Crippen LogP) is 2.71. The van der Waals surface area contributed by atoms with Crippen molar-refractivity contribution in [2.24, 2.45) is 5.41 Å². The van der Waals surface area contributed by atoms with Crippen molar-refractivity contribution in [3.63, 3.8) is 0 Å². The van der Waals surface area contributed by atoms with Crippen molar-refractivity contribution in [2.75, 3.05) is 19.6 Å². The highest BCUT2D eigenvalue weighted by Gasteiger charge is 2.57. The number of hydrogen-bond donors (Lipinski definition) is 1. The summed E-state index contributed by atoms with van der Waals surface area (Å²) < 4.78 is 18.4. The van der Waals surface area contributed by atoms with Gasteiger partial charge in [0.1, 0.15) is 11.4 Å². The van der Waals surface area contributed by atoms with E-state index in [-0.39, 0.29) is 23.4 Å². The Labute approximate surface area is 124 Å². The number of halogens is 1. The topological polar surface area (TPSA) is 41.6 Å². The fourth-order valence-corrected chi connectivity index (χ4v) is 3.08. The van der Waals surface area contributed by atoms with Gasteiger partial charge in [0.15, 0.2) is 0 Å². The first-order chi connectivity index (χ1) is 9.79. The van der Waals surface area contributed by atoms with E-state index >= 15 is 0 Å². The molecule has 1 aromatic rings. The smallest absolute Gasteiger partial charge is 0.410 e. The van der Waals surface area contributed by atoms with Crippen LogP contribution in [0.1, 0.15) is 32.4 Å². The van der Waals surface area contributed by atoms with E-state index in [4.69, 9.17) is 4.74 Å². The number of carbonyl (C=O) groups excluding carboxylic acids is 1. The second kappa shape index (κ2) is 4.70. The van der Waals surface area contributed by atoms with E-state index in [1.807, 2.05) is 32.9 Å². The van der Waals surface area contributed by atoms with Gasteiger partial charge in [0.2, 0.25) is 0 Å². The highest BCUT2D eigenvalue weighted by molar-refractivity contribution is 5.69. The van der Waals surface area contributed by atoms with Crippen LogP contribution < -0.4 is 5.32 Å². The number of carbonyl (C=O) groups is 1. The summed E-state index contributed by atoms with van der Waals surface area (Å²) in [5.74, 6) is -0.226. The third-order valence-corrected chi connectivity index (χ3v) is 4.14. The zero-order valence-corrected chi connectivity index (χ0v) is 12.6. The van der Waals surface area contributed by atoms with E-state index in [0.29, 0.717) is 13.1 Å². The number of benzene rings is 1. The summed E-state index contributed by atoms with van der Waals surface area (Å²) in [5.41, 5.74) is 0.689. The number of likely N-dealkylation sites (tertiary alicyclic amines) is 1. The average molecular weight is 292 g/mol. The molecule has 2 aliphatic rings. The normalized spacial score (nSPS) is 23.4. The Balaban J connectivity index is 1.62. The maximum Gasteiger partial charge on any atom is 0.410 e. The van der Waals surface area contributed by atoms with E-state index in [9.17, 15) is 9.18 Å². The monoisotopic (exact) mass is 292 g/mol. The first-order valence-electron chi connectivity index (χ1n) is 7.26. The summed E-state index contributed by atoms with van der Waals surface area (Å²) >= 11 is 0. The molecule has 1 amide bonds. The summed E-state index contributed by atoms with van der Waals surface area (Å²) in [6.07, 6.45) is -0.252. The van der Waals surface area contributed by atoms with Crippen LogP contribution >= 0.6 is 0 Å². The van der Waals surface area contributed by atoms with Crippen LogP contribution in [-0.2, 0) is 4.74 Å². The highest BCUT2D eigenvalue weighted by atomic mass is 19.1. The van der Waals surface area contributed by atoms with Gasteiger partial charge < -0.3 is 15.0 Å². The van der Waals surface area contributed by atoms with Crippen molar-refractivity contribution in [3.05, 3.63) is 35.6 Å². The molecule has 2 fully saturated rings. The molecule has 0 bridgehead atoms. The summed E-state index contributed by atoms with van der Waals surface area (Å²) in [4.78, 5) is 13.7. The maximum atomic E-state index is 13.0. The minimum atomic E-state index is -0.464. The molecule has 0 radical (unpaired) electrons. The minimum Gasteiger partial charge on any atom is -0.444 e. The van der Waals surface area contributed by atoms with Crippen molar-refractivity contribution in [1.82, 2.24) is 10.2 Å². The van der Waals surface area contributed by atoms with Crippen LogP contribution in [0.4, 0.5) is 9.18 Å². The van der Waals surface area contributed by atoms with E-state index in [1.165, 1.54) is 12.1 Å². The lowest BCUT2D eigenvalue weighted by Crippen LogP contribution is -2.73. The SMILES string of the molecule is CC(C)(C)OC(=O)N1CC2(CNC2c2ccc(F)cc2)C1. The Morgan fingerprint density at radius 3 is 2.43 bits per heavy atom. The fourth-order valence-electron chi connectivity index (χ4n) is 3.08. The molecular formula is C16H21FN2O2. The fraction of sp³-hybridized carbons (Fsp3) is 0.562. The number of nitrogens with zero attached hydrogens (tertiary/aromatic N) is 1. The van der Waals surface area contributed by atoms with Crippen molar-refractivity contribution in [3.8, 4) is 0 Å². The highest BCUT2D eigenvalue weighted by Crippen LogP contribution is 2.48. The number of amides is 1. The van der Waals surface area contributed by atoms with Crippen LogP contribution in [0.5, 0.6) is 0 Å². The molecule has 114 valence electrons. The van der Waals surface area contributed by atoms with Crippen LogP contribution in [0, 0.1) is 11.2 Å². The van der Waals surface area contributed by atoms with Crippen LogP contribution in [0.2, 0.25) is 0 Å². The van der Waals surface area contributed by atoms with E-state index in [1.54, 1.807) is 4.90 Å². The predicted molar refractivity (Wildman–Crippen MR) is 77.4 cm³/mol. The van der Waals surface area contributed by atoms with Crippen LogP contribution in [0.15, 0.2) is 24.3 Å². The van der Waals surface area contributed by atoms with Crippen LogP contribution in [-0.4, -0.2) is 36.2 Å². The summed E-state index contributed by atoms with van der Waals surface area (Å²) in [7, 11) is 0. The molecule has 0 aliphatic carbocycles. The molecular weight excluding hydrogens is 271 g/mol. The standard InChI is InChI=1S/C16H21FN2O2/c1-15(2,3)21-14(20)19-9-16(10-19)8-18-13(16)11-4-6-12(17)7-5-11/h4-7,13,18H,8-10H2,1-3H3. The molecule has 1 aromatic carbocycles. The van der Waals surface area contributed by atoms with Gasteiger partial charge in [-0.25, -0.2) is 9.18 Å². The van der Waals surface area contributed by atoms with E-state index < -0.39 is 5.60 Å². The molecule has 2 heterocycles. The van der Waals surface area contributed by atoms with Crippen molar-refractivity contribution in [2.45, 2.75) is 32.4 Å². The average Bonchev–Trinajstić information content (AvgIpc) is 2.26. The van der Waals surface area contributed by atoms with Gasteiger partial charge in [-0.3, -0.25) is 0 Å². The van der Waals surface area contributed by atoms with E-state index in [0.717, 1.165) is 12.1 Å². The second-order valence-electron chi connectivity index (χ2n) is 7.06. The molecule has 1 N–H and O–H groups in total. The maximum absolute atomic E-state index is 13.0. The molecule has 1 atom stereocenters. The van der Waals surface area contributed by atoms with Gasteiger partial charge in [-0.1, -0.05) is 12.1 Å². The number of nitrogens with one attached hydrogen (secondary N) is 1. The van der Waals surface area contributed by atoms with Crippen LogP contribution in [0.25, 0.3) is 0 Å². The first-order valence-corrected chi connectivity index (χ1v) is 7.26. The third-order valence-electron chi connectivity index (χ3n) is 4.14. The molecule has 4 nitrogen and oxygen atoms in total. The first kappa shape index (κ1) is 14.3. The number of ether oxygens (including phenoxy) is 1. The largest absolute Gasteiger partial charge is 0.444 e. The zero-order valence-electron chi connectivity index (χ0n) is 12.6. The van der Waals surface area contributed by atoms with Gasteiger partial charge in [-0.2, -0.15) is 0 Å². The van der Waals surface area contributed by atoms with Gasteiger partial charge in [0, 0.05) is 31.1 Å². The molecule has 2 saturated heterocycles. The van der Waals surface area contributed by atoms with E-state index in [2.05, 4.69) is 5.32 Å². The van der Waals surface area contributed by atoms with Crippen molar-refractivity contribution in [1.29, 1.82) is 0 Å². The molecule has 5 heteroatoms. The Morgan fingerprint density at radius 1 is 1.33 bits per heavy atom. The lowest BCUT2D eigenvalue weighted by atomic mass is 9.65. The molecule has 1 unspecified atom stereocenters. The molecule has 1 spiro atoms. The Hall–Kier alpha value is -1.62. The lowest BCUT2D eigenvalue weighted by Gasteiger charge is -2.60. The van der Waals surface area contributed by atoms with Gasteiger partial charge in [-0.05, 0) is 38.5 Å². The molecule has 21 heavy (non-hydrogen) atoms. The Kier molecular flexibility index (Phi) is 3.20. The summed E-state index contributed by atoms with van der Waals surface area (Å²) in [6.45, 7) is 7.87. The molecule has 0 saturated carbocycles. The third kappa shape index (κ3) is 2.62. The van der Waals surface area contributed by atoms with Gasteiger partial charge >= 0.3 is 6.09 Å². The zero-order chi connectivity index (χ0) is 15.3. The van der Waals surface area contributed by atoms with Gasteiger partial charge in [-0.15, -0.1) is 0 Å². The van der Waals surface area contributed by atoms with Crippen LogP contribution in [0.3, 0.4) is 0 Å². The second-order valence-corrected chi connectivity index (χ2v) is 7.06. The minimum absolute atomic E-state index is 0.0781. The summed E-state index contributed by atoms with van der Waals surface area (Å²) in [5, 5.41) is 3.38. The summed E-state index contributed by atoms with van der Waals surface area (Å²) in [6, 6.07) is 6.77. The van der Waals surface area contributed by atoms with Crippen molar-refractivity contribution < 1.29 is 13.9 Å². The molecule has 3 rings (SSSR count). The number of hydrogen-bond acceptors (Lipinski definition) is 3.